The van der Waals surface area contributed by atoms with Crippen LogP contribution in [0.15, 0.2) is 72.3 Å². The Balaban J connectivity index is 1.59. The molecule has 2 aliphatic heterocycles. The zero-order valence-electron chi connectivity index (χ0n) is 20.4. The summed E-state index contributed by atoms with van der Waals surface area (Å²) in [6.45, 7) is 0.644. The standard InChI is InChI=1S/C29H25NO7/c1-35-22-5-3-4-20(15-22)25-24(26(31)21-10-11-23-19(14-21)12-13-37-23)27(32)28(33)30(25)16-17-6-8-18(9-7-17)29(34)36-2/h3-11,14-15,25,31H,12-13,16H2,1-2H3/b26-24-. The van der Waals surface area contributed by atoms with Gasteiger partial charge in [0.25, 0.3) is 11.7 Å². The van der Waals surface area contributed by atoms with E-state index >= 15 is 0 Å². The highest BCUT2D eigenvalue weighted by atomic mass is 16.5. The minimum absolute atomic E-state index is 0.00305. The predicted octanol–water partition coefficient (Wildman–Crippen LogP) is 4.04. The zero-order chi connectivity index (χ0) is 26.1. The Kier molecular flexibility index (Phi) is 6.40. The van der Waals surface area contributed by atoms with E-state index in [1.54, 1.807) is 66.7 Å². The fourth-order valence-electron chi connectivity index (χ4n) is 4.75. The van der Waals surface area contributed by atoms with E-state index in [-0.39, 0.29) is 17.9 Å². The number of Topliss-reactive ketones (excluding diaryl/α,β-unsaturated/α-hetero) is 1. The quantitative estimate of drug-likeness (QED) is 0.236. The van der Waals surface area contributed by atoms with Crippen LogP contribution < -0.4 is 9.47 Å². The van der Waals surface area contributed by atoms with Gasteiger partial charge in [-0.3, -0.25) is 9.59 Å². The number of benzene rings is 3. The molecule has 1 fully saturated rings. The first-order chi connectivity index (χ1) is 17.9. The molecule has 188 valence electrons. The van der Waals surface area contributed by atoms with E-state index in [1.807, 2.05) is 0 Å². The Morgan fingerprint density at radius 2 is 1.78 bits per heavy atom. The van der Waals surface area contributed by atoms with Gasteiger partial charge in [-0.05, 0) is 59.2 Å². The molecule has 0 aromatic heterocycles. The summed E-state index contributed by atoms with van der Waals surface area (Å²) in [7, 11) is 2.84. The van der Waals surface area contributed by atoms with Crippen LogP contribution in [0.2, 0.25) is 0 Å². The minimum Gasteiger partial charge on any atom is -0.507 e. The second-order valence-corrected chi connectivity index (χ2v) is 8.81. The Labute approximate surface area is 213 Å². The number of aliphatic hydroxyl groups is 1. The highest BCUT2D eigenvalue weighted by molar-refractivity contribution is 6.46. The molecule has 2 aliphatic rings. The summed E-state index contributed by atoms with van der Waals surface area (Å²) in [5.41, 5.74) is 3.08. The second kappa shape index (κ2) is 9.81. The molecular formula is C29H25NO7. The van der Waals surface area contributed by atoms with Gasteiger partial charge in [-0.15, -0.1) is 0 Å². The molecule has 0 aliphatic carbocycles. The zero-order valence-corrected chi connectivity index (χ0v) is 20.4. The van der Waals surface area contributed by atoms with Gasteiger partial charge in [0.15, 0.2) is 0 Å². The minimum atomic E-state index is -0.847. The molecule has 5 rings (SSSR count). The topological polar surface area (TPSA) is 102 Å². The molecule has 0 radical (unpaired) electrons. The summed E-state index contributed by atoms with van der Waals surface area (Å²) in [5, 5.41) is 11.4. The van der Waals surface area contributed by atoms with Gasteiger partial charge in [-0.2, -0.15) is 0 Å². The lowest BCUT2D eigenvalue weighted by atomic mass is 9.94. The van der Waals surface area contributed by atoms with Gasteiger partial charge in [-0.1, -0.05) is 24.3 Å². The molecule has 8 nitrogen and oxygen atoms in total. The van der Waals surface area contributed by atoms with Crippen molar-refractivity contribution in [2.45, 2.75) is 19.0 Å². The largest absolute Gasteiger partial charge is 0.507 e. The van der Waals surface area contributed by atoms with Crippen molar-refractivity contribution in [3.63, 3.8) is 0 Å². The fourth-order valence-corrected chi connectivity index (χ4v) is 4.75. The second-order valence-electron chi connectivity index (χ2n) is 8.81. The third-order valence-corrected chi connectivity index (χ3v) is 6.64. The van der Waals surface area contributed by atoms with E-state index < -0.39 is 23.7 Å². The molecule has 1 unspecified atom stereocenters. The smallest absolute Gasteiger partial charge is 0.337 e. The maximum Gasteiger partial charge on any atom is 0.337 e. The SMILES string of the molecule is COC(=O)c1ccc(CN2C(=O)C(=O)/C(=C(\O)c3ccc4c(c3)CCO4)C2c2cccc(OC)c2)cc1. The molecule has 3 aromatic rings. The van der Waals surface area contributed by atoms with Gasteiger partial charge in [0.1, 0.15) is 17.3 Å². The number of aliphatic hydroxyl groups excluding tert-OH is 1. The average Bonchev–Trinajstić information content (AvgIpc) is 3.50. The summed E-state index contributed by atoms with van der Waals surface area (Å²) in [5.74, 6) is -0.909. The van der Waals surface area contributed by atoms with Gasteiger partial charge < -0.3 is 24.2 Å². The number of methoxy groups -OCH3 is 2. The van der Waals surface area contributed by atoms with Crippen molar-refractivity contribution in [1.82, 2.24) is 4.90 Å². The van der Waals surface area contributed by atoms with Gasteiger partial charge in [0, 0.05) is 18.5 Å². The van der Waals surface area contributed by atoms with Crippen LogP contribution in [0.3, 0.4) is 0 Å². The first kappa shape index (κ1) is 24.1. The molecule has 0 spiro atoms. The van der Waals surface area contributed by atoms with Gasteiger partial charge >= 0.3 is 5.97 Å². The number of rotatable bonds is 6. The van der Waals surface area contributed by atoms with E-state index in [9.17, 15) is 19.5 Å². The first-order valence-corrected chi connectivity index (χ1v) is 11.8. The summed E-state index contributed by atoms with van der Waals surface area (Å²) in [4.78, 5) is 39.9. The van der Waals surface area contributed by atoms with Crippen molar-refractivity contribution >= 4 is 23.4 Å². The highest BCUT2D eigenvalue weighted by Gasteiger charge is 2.46. The average molecular weight is 500 g/mol. The number of esters is 1. The van der Waals surface area contributed by atoms with E-state index in [1.165, 1.54) is 19.1 Å². The molecule has 0 bridgehead atoms. The molecular weight excluding hydrogens is 474 g/mol. The molecule has 3 aromatic carbocycles. The van der Waals surface area contributed by atoms with Crippen LogP contribution >= 0.6 is 0 Å². The van der Waals surface area contributed by atoms with Crippen molar-refractivity contribution < 1.29 is 33.7 Å². The summed E-state index contributed by atoms with van der Waals surface area (Å²) in [6, 6.07) is 18.1. The lowest BCUT2D eigenvalue weighted by Crippen LogP contribution is -2.29. The number of carbonyl (C=O) groups is 3. The molecule has 2 heterocycles. The van der Waals surface area contributed by atoms with Gasteiger partial charge in [0.05, 0.1) is 38.0 Å². The van der Waals surface area contributed by atoms with Crippen molar-refractivity contribution in [2.24, 2.45) is 0 Å². The monoisotopic (exact) mass is 499 g/mol. The number of hydrogen-bond donors (Lipinski definition) is 1. The number of nitrogens with zero attached hydrogens (tertiary/aromatic N) is 1. The summed E-state index contributed by atoms with van der Waals surface area (Å²) in [6.07, 6.45) is 0.700. The molecule has 37 heavy (non-hydrogen) atoms. The Hall–Kier alpha value is -4.59. The normalized spacial score (nSPS) is 17.9. The molecule has 0 saturated carbocycles. The lowest BCUT2D eigenvalue weighted by molar-refractivity contribution is -0.140. The van der Waals surface area contributed by atoms with E-state index in [2.05, 4.69) is 0 Å². The van der Waals surface area contributed by atoms with Crippen LogP contribution in [0.1, 0.15) is 38.7 Å². The lowest BCUT2D eigenvalue weighted by Gasteiger charge is -2.26. The number of fused-ring (bicyclic) bond motifs is 1. The van der Waals surface area contributed by atoms with Crippen molar-refractivity contribution in [1.29, 1.82) is 0 Å². The van der Waals surface area contributed by atoms with Crippen molar-refractivity contribution in [3.8, 4) is 11.5 Å². The Morgan fingerprint density at radius 3 is 2.51 bits per heavy atom. The van der Waals surface area contributed by atoms with Crippen LogP contribution in [0.4, 0.5) is 0 Å². The van der Waals surface area contributed by atoms with Crippen LogP contribution in [0.25, 0.3) is 5.76 Å². The van der Waals surface area contributed by atoms with Gasteiger partial charge in [0.2, 0.25) is 0 Å². The molecule has 1 atom stereocenters. The number of ether oxygens (including phenoxy) is 3. The predicted molar refractivity (Wildman–Crippen MR) is 134 cm³/mol. The Bertz CT molecular complexity index is 1420. The van der Waals surface area contributed by atoms with Crippen LogP contribution in [-0.4, -0.2) is 48.5 Å². The van der Waals surface area contributed by atoms with Crippen molar-refractivity contribution in [3.05, 3.63) is 100 Å². The van der Waals surface area contributed by atoms with E-state index in [0.29, 0.717) is 41.0 Å². The van der Waals surface area contributed by atoms with Crippen molar-refractivity contribution in [2.75, 3.05) is 20.8 Å². The molecule has 1 amide bonds. The van der Waals surface area contributed by atoms with Crippen LogP contribution in [-0.2, 0) is 27.3 Å². The third kappa shape index (κ3) is 4.42. The van der Waals surface area contributed by atoms with Crippen LogP contribution in [0, 0.1) is 0 Å². The van der Waals surface area contributed by atoms with E-state index in [4.69, 9.17) is 14.2 Å². The Morgan fingerprint density at radius 1 is 1.03 bits per heavy atom. The number of amides is 1. The highest BCUT2D eigenvalue weighted by Crippen LogP contribution is 2.41. The third-order valence-electron chi connectivity index (χ3n) is 6.64. The summed E-state index contributed by atoms with van der Waals surface area (Å²) >= 11 is 0. The molecule has 1 N–H and O–H groups in total. The number of likely N-dealkylation sites (tertiary alicyclic amines) is 1. The van der Waals surface area contributed by atoms with Crippen LogP contribution in [0.5, 0.6) is 11.5 Å². The number of hydrogen-bond acceptors (Lipinski definition) is 7. The van der Waals surface area contributed by atoms with Gasteiger partial charge in [-0.25, -0.2) is 4.79 Å². The maximum atomic E-state index is 13.3. The molecule has 8 heteroatoms. The number of ketones is 1. The van der Waals surface area contributed by atoms with E-state index in [0.717, 1.165) is 11.3 Å². The first-order valence-electron chi connectivity index (χ1n) is 11.8. The summed E-state index contributed by atoms with van der Waals surface area (Å²) < 4.78 is 15.7. The maximum absolute atomic E-state index is 13.3. The fraction of sp³-hybridized carbons (Fsp3) is 0.207. The number of carbonyl (C=O) groups excluding carboxylic acids is 3. The molecule has 1 saturated heterocycles.